The van der Waals surface area contributed by atoms with E-state index in [0.29, 0.717) is 25.1 Å². The number of hydrogen-bond donors (Lipinski definition) is 1. The Bertz CT molecular complexity index is 1140. The number of sulfonamides is 1. The number of hydrogen-bond acceptors (Lipinski definition) is 7. The molecule has 1 saturated heterocycles. The normalized spacial score (nSPS) is 15.1. The number of nitro groups is 1. The maximum Gasteiger partial charge on any atom is 0.274 e. The van der Waals surface area contributed by atoms with Crippen LogP contribution in [0.3, 0.4) is 0 Å². The van der Waals surface area contributed by atoms with Crippen molar-refractivity contribution in [2.75, 3.05) is 13.1 Å². The molecule has 1 aromatic heterocycles. The second-order valence-electron chi connectivity index (χ2n) is 7.82. The average Bonchev–Trinajstić information content (AvgIpc) is 3.37. The third kappa shape index (κ3) is 4.75. The minimum absolute atomic E-state index is 0.0994. The molecule has 1 aromatic carbocycles. The fraction of sp³-hybridized carbons (Fsp3) is 0.500. The lowest BCUT2D eigenvalue weighted by atomic mass is 10.2. The van der Waals surface area contributed by atoms with Gasteiger partial charge in [-0.2, -0.15) is 5.10 Å². The lowest BCUT2D eigenvalue weighted by molar-refractivity contribution is -0.385. The molecular weight excluding hydrogens is 438 g/mol. The molecule has 1 aliphatic heterocycles. The monoisotopic (exact) mass is 465 g/mol. The van der Waals surface area contributed by atoms with Gasteiger partial charge in [-0.05, 0) is 39.2 Å². The van der Waals surface area contributed by atoms with Crippen LogP contribution >= 0.6 is 0 Å². The van der Waals surface area contributed by atoms with Crippen LogP contribution in [0.15, 0.2) is 23.1 Å². The molecule has 32 heavy (non-hydrogen) atoms. The Hall–Kier alpha value is -2.99. The van der Waals surface area contributed by atoms with Crippen LogP contribution in [0.1, 0.15) is 49.2 Å². The summed E-state index contributed by atoms with van der Waals surface area (Å²) in [5, 5.41) is 15.5. The molecule has 1 aliphatic rings. The molecule has 0 spiro atoms. The summed E-state index contributed by atoms with van der Waals surface area (Å²) in [6, 6.07) is 2.98. The number of aryl methyl sites for hydroxylation is 1. The summed E-state index contributed by atoms with van der Waals surface area (Å²) in [5.74, 6) is -0.125. The first kappa shape index (κ1) is 23.7. The third-order valence-corrected chi connectivity index (χ3v) is 7.03. The van der Waals surface area contributed by atoms with Gasteiger partial charge in [-0.15, -0.1) is 0 Å². The summed E-state index contributed by atoms with van der Waals surface area (Å²) in [6.07, 6.45) is 2.41. The molecule has 0 saturated carbocycles. The summed E-state index contributed by atoms with van der Waals surface area (Å²) in [7, 11) is -2.53. The Morgan fingerprint density at radius 1 is 1.34 bits per heavy atom. The van der Waals surface area contributed by atoms with Crippen molar-refractivity contribution in [1.82, 2.24) is 19.4 Å². The molecule has 1 N–H and O–H groups in total. The minimum atomic E-state index is -4.11. The van der Waals surface area contributed by atoms with Crippen molar-refractivity contribution in [3.05, 3.63) is 39.6 Å². The van der Waals surface area contributed by atoms with Crippen LogP contribution in [-0.2, 0) is 17.1 Å². The summed E-state index contributed by atoms with van der Waals surface area (Å²) in [6.45, 7) is 6.50. The number of carbonyl (C=O) groups is 1. The second-order valence-corrected chi connectivity index (χ2v) is 9.50. The standard InChI is InChI=1S/C20H27N5O6S/c1-5-13(2)22-32(29,30)17-12-15(25(27)28)8-9-16(17)31-20-14(3)18(21-23(20)4)19(26)24-10-6-7-11-24/h8-9,12-13,22H,5-7,10-11H2,1-4H3. The van der Waals surface area contributed by atoms with Gasteiger partial charge in [0.25, 0.3) is 11.6 Å². The van der Waals surface area contributed by atoms with Crippen LogP contribution in [0.4, 0.5) is 5.69 Å². The molecule has 1 unspecified atom stereocenters. The molecule has 0 radical (unpaired) electrons. The Morgan fingerprint density at radius 2 is 2.00 bits per heavy atom. The first-order valence-corrected chi connectivity index (χ1v) is 11.8. The number of benzene rings is 1. The molecule has 2 heterocycles. The molecule has 12 heteroatoms. The number of carbonyl (C=O) groups excluding carboxylic acids is 1. The van der Waals surface area contributed by atoms with E-state index in [4.69, 9.17) is 4.74 Å². The Balaban J connectivity index is 2.02. The SMILES string of the molecule is CCC(C)NS(=O)(=O)c1cc([N+](=O)[O-])ccc1Oc1c(C)c(C(=O)N2CCCC2)nn1C. The number of ether oxygens (including phenoxy) is 1. The highest BCUT2D eigenvalue weighted by atomic mass is 32.2. The molecule has 0 aliphatic carbocycles. The van der Waals surface area contributed by atoms with E-state index < -0.39 is 14.9 Å². The van der Waals surface area contributed by atoms with Gasteiger partial charge in [0.05, 0.1) is 4.92 Å². The minimum Gasteiger partial charge on any atom is -0.438 e. The predicted molar refractivity (Wildman–Crippen MR) is 116 cm³/mol. The summed E-state index contributed by atoms with van der Waals surface area (Å²) >= 11 is 0. The molecule has 3 rings (SSSR count). The van der Waals surface area contributed by atoms with Gasteiger partial charge in [-0.1, -0.05) is 6.92 Å². The van der Waals surface area contributed by atoms with Gasteiger partial charge in [0.2, 0.25) is 15.9 Å². The van der Waals surface area contributed by atoms with Crippen molar-refractivity contribution in [1.29, 1.82) is 0 Å². The van der Waals surface area contributed by atoms with Crippen LogP contribution < -0.4 is 9.46 Å². The van der Waals surface area contributed by atoms with Crippen molar-refractivity contribution >= 4 is 21.6 Å². The molecule has 0 bridgehead atoms. The van der Waals surface area contributed by atoms with Gasteiger partial charge >= 0.3 is 0 Å². The second kappa shape index (κ2) is 9.25. The molecular formula is C20H27N5O6S. The first-order valence-electron chi connectivity index (χ1n) is 10.4. The first-order chi connectivity index (χ1) is 15.0. The Morgan fingerprint density at radius 3 is 2.59 bits per heavy atom. The van der Waals surface area contributed by atoms with Crippen LogP contribution in [0.2, 0.25) is 0 Å². The van der Waals surface area contributed by atoms with Gasteiger partial charge in [0.15, 0.2) is 5.69 Å². The van der Waals surface area contributed by atoms with E-state index in [1.54, 1.807) is 25.8 Å². The van der Waals surface area contributed by atoms with Crippen molar-refractivity contribution in [3.63, 3.8) is 0 Å². The van der Waals surface area contributed by atoms with Crippen molar-refractivity contribution in [2.24, 2.45) is 7.05 Å². The zero-order valence-electron chi connectivity index (χ0n) is 18.5. The predicted octanol–water partition coefficient (Wildman–Crippen LogP) is 2.74. The third-order valence-electron chi connectivity index (χ3n) is 5.42. The number of nitrogens with one attached hydrogen (secondary N) is 1. The van der Waals surface area contributed by atoms with Gasteiger partial charge in [-0.3, -0.25) is 14.9 Å². The highest BCUT2D eigenvalue weighted by Crippen LogP contribution is 2.34. The van der Waals surface area contributed by atoms with E-state index in [2.05, 4.69) is 9.82 Å². The highest BCUT2D eigenvalue weighted by molar-refractivity contribution is 7.89. The number of aromatic nitrogens is 2. The van der Waals surface area contributed by atoms with Gasteiger partial charge in [0.1, 0.15) is 10.6 Å². The van der Waals surface area contributed by atoms with Gasteiger partial charge < -0.3 is 9.64 Å². The lowest BCUT2D eigenvalue weighted by Gasteiger charge is -2.16. The average molecular weight is 466 g/mol. The van der Waals surface area contributed by atoms with Crippen molar-refractivity contribution < 1.29 is 22.9 Å². The largest absolute Gasteiger partial charge is 0.438 e. The lowest BCUT2D eigenvalue weighted by Crippen LogP contribution is -2.32. The summed E-state index contributed by atoms with van der Waals surface area (Å²) < 4.78 is 35.6. The van der Waals surface area contributed by atoms with Crippen molar-refractivity contribution in [3.8, 4) is 11.6 Å². The van der Waals surface area contributed by atoms with E-state index in [9.17, 15) is 23.3 Å². The van der Waals surface area contributed by atoms with Gasteiger partial charge in [-0.25, -0.2) is 17.8 Å². The smallest absolute Gasteiger partial charge is 0.274 e. The highest BCUT2D eigenvalue weighted by Gasteiger charge is 2.29. The number of amides is 1. The fourth-order valence-electron chi connectivity index (χ4n) is 3.45. The van der Waals surface area contributed by atoms with E-state index in [0.717, 1.165) is 18.9 Å². The summed E-state index contributed by atoms with van der Waals surface area (Å²) in [5.41, 5.74) is 0.308. The number of nitrogens with zero attached hydrogens (tertiary/aromatic N) is 4. The van der Waals surface area contributed by atoms with Gasteiger partial charge in [0, 0.05) is 43.9 Å². The molecule has 1 amide bonds. The van der Waals surface area contributed by atoms with Crippen molar-refractivity contribution in [2.45, 2.75) is 51.0 Å². The van der Waals surface area contributed by atoms with E-state index >= 15 is 0 Å². The molecule has 2 aromatic rings. The van der Waals surface area contributed by atoms with Crippen LogP contribution in [-0.4, -0.2) is 53.1 Å². The number of rotatable bonds is 8. The fourth-order valence-corrected chi connectivity index (χ4v) is 4.92. The molecule has 11 nitrogen and oxygen atoms in total. The zero-order valence-corrected chi connectivity index (χ0v) is 19.3. The van der Waals surface area contributed by atoms with E-state index in [-0.39, 0.29) is 39.9 Å². The van der Waals surface area contributed by atoms with E-state index in [1.807, 2.05) is 6.92 Å². The molecule has 1 atom stereocenters. The maximum absolute atomic E-state index is 12.9. The van der Waals surface area contributed by atoms with Crippen LogP contribution in [0, 0.1) is 17.0 Å². The molecule has 1 fully saturated rings. The van der Waals surface area contributed by atoms with Crippen LogP contribution in [0.25, 0.3) is 0 Å². The molecule has 174 valence electrons. The quantitative estimate of drug-likeness (QED) is 0.467. The number of non-ortho nitro benzene ring substituents is 1. The topological polar surface area (TPSA) is 137 Å². The number of likely N-dealkylation sites (tertiary alicyclic amines) is 1. The maximum atomic E-state index is 12.9. The van der Waals surface area contributed by atoms with Crippen LogP contribution in [0.5, 0.6) is 11.6 Å². The van der Waals surface area contributed by atoms with E-state index in [1.165, 1.54) is 16.8 Å². The summed E-state index contributed by atoms with van der Waals surface area (Å²) in [4.78, 5) is 24.7. The number of nitro benzene ring substituents is 1. The zero-order chi connectivity index (χ0) is 23.6. The Labute approximate surface area is 186 Å². The Kier molecular flexibility index (Phi) is 6.84.